The molecule has 1 aromatic heterocycles. The summed E-state index contributed by atoms with van der Waals surface area (Å²) in [5, 5.41) is 16.9. The number of para-hydroxylation sites is 1. The Morgan fingerprint density at radius 1 is 1.00 bits per heavy atom. The third-order valence-electron chi connectivity index (χ3n) is 7.69. The molecule has 0 saturated carbocycles. The summed E-state index contributed by atoms with van der Waals surface area (Å²) in [6.45, 7) is 2.37. The number of hydrogen-bond donors (Lipinski definition) is 4. The summed E-state index contributed by atoms with van der Waals surface area (Å²) >= 11 is 0. The number of carbonyl (C=O) groups is 2. The molecule has 41 heavy (non-hydrogen) atoms. The van der Waals surface area contributed by atoms with Crippen molar-refractivity contribution >= 4 is 22.9 Å². The Morgan fingerprint density at radius 3 is 2.39 bits per heavy atom. The monoisotopic (exact) mass is 551 g/mol. The maximum Gasteiger partial charge on any atom is 0.407 e. The van der Waals surface area contributed by atoms with E-state index in [1.54, 1.807) is 6.08 Å². The fraction of sp³-hybridized carbons (Fsp3) is 0.294. The van der Waals surface area contributed by atoms with Gasteiger partial charge in [0.15, 0.2) is 0 Å². The molecule has 1 aliphatic rings. The molecule has 212 valence electrons. The number of aliphatic hydroxyl groups is 1. The van der Waals surface area contributed by atoms with E-state index in [0.29, 0.717) is 25.0 Å². The molecule has 0 bridgehead atoms. The standard InChI is InChI=1S/C34H37N3O4/c1-2-3-10-23(33(39)35-18-17-24-20-36-32-16-9-8-11-26(24)32)19-25(21-38)37-34(40)41-22-31-29-14-6-4-12-27(29)28-13-5-7-15-30(28)31/h4-9,11-16,19-20,25,31,36,38H,2-3,10,17-18,21-22H2,1H3,(H,35,39)(H,37,40)/b23-19-/t25-/m1/s1. The normalized spacial score (nSPS) is 13.5. The molecule has 5 rings (SSSR count). The molecule has 0 fully saturated rings. The van der Waals surface area contributed by atoms with Crippen molar-refractivity contribution in [3.8, 4) is 11.1 Å². The Bertz CT molecular complexity index is 1490. The van der Waals surface area contributed by atoms with Crippen LogP contribution in [0.25, 0.3) is 22.0 Å². The van der Waals surface area contributed by atoms with Crippen LogP contribution in [0.3, 0.4) is 0 Å². The quantitative estimate of drug-likeness (QED) is 0.166. The van der Waals surface area contributed by atoms with Crippen LogP contribution in [0.5, 0.6) is 0 Å². The predicted molar refractivity (Wildman–Crippen MR) is 162 cm³/mol. The molecule has 1 atom stereocenters. The lowest BCUT2D eigenvalue weighted by Crippen LogP contribution is -2.38. The molecular formula is C34H37N3O4. The van der Waals surface area contributed by atoms with Gasteiger partial charge in [-0.05, 0) is 53.1 Å². The molecule has 0 radical (unpaired) electrons. The number of benzene rings is 3. The summed E-state index contributed by atoms with van der Waals surface area (Å²) < 4.78 is 5.64. The Hall–Kier alpha value is -4.36. The first kappa shape index (κ1) is 28.2. The number of ether oxygens (including phenoxy) is 1. The van der Waals surface area contributed by atoms with Gasteiger partial charge in [-0.15, -0.1) is 0 Å². The molecule has 4 aromatic rings. The fourth-order valence-corrected chi connectivity index (χ4v) is 5.58. The van der Waals surface area contributed by atoms with Gasteiger partial charge in [-0.2, -0.15) is 0 Å². The third kappa shape index (κ3) is 6.52. The largest absolute Gasteiger partial charge is 0.449 e. The van der Waals surface area contributed by atoms with Gasteiger partial charge >= 0.3 is 6.09 Å². The molecule has 7 nitrogen and oxygen atoms in total. The second-order valence-electron chi connectivity index (χ2n) is 10.4. The number of aromatic amines is 1. The molecule has 4 N–H and O–H groups in total. The van der Waals surface area contributed by atoms with Crippen LogP contribution in [0.1, 0.15) is 48.8 Å². The number of aliphatic hydroxyl groups excluding tert-OH is 1. The number of nitrogens with one attached hydrogen (secondary N) is 3. The summed E-state index contributed by atoms with van der Waals surface area (Å²) in [5.41, 5.74) is 7.34. The Balaban J connectivity index is 1.19. The minimum Gasteiger partial charge on any atom is -0.449 e. The zero-order valence-electron chi connectivity index (χ0n) is 23.4. The Morgan fingerprint density at radius 2 is 1.68 bits per heavy atom. The Kier molecular flexibility index (Phi) is 9.16. The van der Waals surface area contributed by atoms with E-state index in [1.165, 1.54) is 0 Å². The van der Waals surface area contributed by atoms with Gasteiger partial charge in [0, 0.05) is 35.1 Å². The van der Waals surface area contributed by atoms with Gasteiger partial charge in [0.2, 0.25) is 5.91 Å². The molecule has 7 heteroatoms. The first-order chi connectivity index (χ1) is 20.1. The number of hydrogen-bond acceptors (Lipinski definition) is 4. The van der Waals surface area contributed by atoms with Crippen molar-refractivity contribution in [3.63, 3.8) is 0 Å². The highest BCUT2D eigenvalue weighted by Crippen LogP contribution is 2.44. The number of H-pyrrole nitrogens is 1. The van der Waals surface area contributed by atoms with Crippen LogP contribution in [0.2, 0.25) is 0 Å². The van der Waals surface area contributed by atoms with E-state index in [-0.39, 0.29) is 25.0 Å². The second kappa shape index (κ2) is 13.3. The zero-order chi connectivity index (χ0) is 28.6. The molecule has 0 aliphatic heterocycles. The van der Waals surface area contributed by atoms with E-state index in [0.717, 1.165) is 51.6 Å². The van der Waals surface area contributed by atoms with Crippen LogP contribution in [0.4, 0.5) is 4.79 Å². The number of rotatable bonds is 12. The van der Waals surface area contributed by atoms with Crippen molar-refractivity contribution in [1.29, 1.82) is 0 Å². The van der Waals surface area contributed by atoms with Crippen LogP contribution in [0, 0.1) is 0 Å². The van der Waals surface area contributed by atoms with Crippen molar-refractivity contribution in [3.05, 3.63) is 107 Å². The topological polar surface area (TPSA) is 103 Å². The van der Waals surface area contributed by atoms with E-state index < -0.39 is 12.1 Å². The number of alkyl carbamates (subject to hydrolysis) is 1. The lowest BCUT2D eigenvalue weighted by atomic mass is 9.98. The number of carbonyl (C=O) groups excluding carboxylic acids is 2. The van der Waals surface area contributed by atoms with Crippen LogP contribution in [0.15, 0.2) is 90.6 Å². The van der Waals surface area contributed by atoms with Crippen molar-refractivity contribution in [2.45, 2.75) is 44.6 Å². The van der Waals surface area contributed by atoms with Crippen LogP contribution in [-0.2, 0) is 16.0 Å². The average molecular weight is 552 g/mol. The highest BCUT2D eigenvalue weighted by Gasteiger charge is 2.29. The van der Waals surface area contributed by atoms with Gasteiger partial charge in [0.1, 0.15) is 6.61 Å². The minimum absolute atomic E-state index is 0.0562. The molecular weight excluding hydrogens is 514 g/mol. The van der Waals surface area contributed by atoms with Crippen LogP contribution in [-0.4, -0.2) is 47.9 Å². The lowest BCUT2D eigenvalue weighted by Gasteiger charge is -2.18. The van der Waals surface area contributed by atoms with Gasteiger partial charge in [-0.25, -0.2) is 4.79 Å². The number of unbranched alkanes of at least 4 members (excludes halogenated alkanes) is 1. The maximum absolute atomic E-state index is 13.1. The third-order valence-corrected chi connectivity index (χ3v) is 7.69. The molecule has 1 heterocycles. The number of amides is 2. The lowest BCUT2D eigenvalue weighted by molar-refractivity contribution is -0.117. The SMILES string of the molecule is CCCC/C(=C/[C@H](CO)NC(=O)OCC1c2ccccc2-c2ccccc21)C(=O)NCCc1c[nH]c2ccccc12. The van der Waals surface area contributed by atoms with Gasteiger partial charge in [-0.1, -0.05) is 86.2 Å². The molecule has 3 aromatic carbocycles. The van der Waals surface area contributed by atoms with Gasteiger partial charge in [0.05, 0.1) is 12.6 Å². The van der Waals surface area contributed by atoms with Gasteiger partial charge < -0.3 is 25.5 Å². The van der Waals surface area contributed by atoms with E-state index in [1.807, 2.05) is 48.7 Å². The first-order valence-corrected chi connectivity index (χ1v) is 14.3. The molecule has 0 saturated heterocycles. The molecule has 1 aliphatic carbocycles. The summed E-state index contributed by atoms with van der Waals surface area (Å²) in [7, 11) is 0. The summed E-state index contributed by atoms with van der Waals surface area (Å²) in [6.07, 6.45) is 5.99. The maximum atomic E-state index is 13.1. The molecule has 0 spiro atoms. The van der Waals surface area contributed by atoms with Crippen molar-refractivity contribution in [2.24, 2.45) is 0 Å². The van der Waals surface area contributed by atoms with E-state index in [4.69, 9.17) is 4.74 Å². The smallest absolute Gasteiger partial charge is 0.407 e. The predicted octanol–water partition coefficient (Wildman–Crippen LogP) is 5.84. The van der Waals surface area contributed by atoms with E-state index in [9.17, 15) is 14.7 Å². The van der Waals surface area contributed by atoms with Gasteiger partial charge in [-0.3, -0.25) is 4.79 Å². The fourth-order valence-electron chi connectivity index (χ4n) is 5.58. The number of fused-ring (bicyclic) bond motifs is 4. The van der Waals surface area contributed by atoms with Crippen LogP contribution >= 0.6 is 0 Å². The summed E-state index contributed by atoms with van der Waals surface area (Å²) in [4.78, 5) is 29.2. The molecule has 0 unspecified atom stereocenters. The van der Waals surface area contributed by atoms with Crippen molar-refractivity contribution in [1.82, 2.24) is 15.6 Å². The molecule has 2 amide bonds. The zero-order valence-corrected chi connectivity index (χ0v) is 23.4. The number of aromatic nitrogens is 1. The highest BCUT2D eigenvalue weighted by atomic mass is 16.5. The summed E-state index contributed by atoms with van der Waals surface area (Å²) in [6, 6.07) is 23.7. The minimum atomic E-state index is -0.739. The highest BCUT2D eigenvalue weighted by molar-refractivity contribution is 5.93. The Labute approximate surface area is 240 Å². The van der Waals surface area contributed by atoms with Crippen molar-refractivity contribution in [2.75, 3.05) is 19.8 Å². The average Bonchev–Trinajstić information content (AvgIpc) is 3.56. The van der Waals surface area contributed by atoms with E-state index >= 15 is 0 Å². The van der Waals surface area contributed by atoms with Crippen molar-refractivity contribution < 1.29 is 19.4 Å². The first-order valence-electron chi connectivity index (χ1n) is 14.3. The second-order valence-corrected chi connectivity index (χ2v) is 10.4. The van der Waals surface area contributed by atoms with Crippen LogP contribution < -0.4 is 10.6 Å². The summed E-state index contributed by atoms with van der Waals surface area (Å²) in [5.74, 6) is -0.245. The van der Waals surface area contributed by atoms with E-state index in [2.05, 4.69) is 52.9 Å². The van der Waals surface area contributed by atoms with Gasteiger partial charge in [0.25, 0.3) is 0 Å².